The van der Waals surface area contributed by atoms with Gasteiger partial charge in [0.2, 0.25) is 0 Å². The average Bonchev–Trinajstić information content (AvgIpc) is 3.12. The van der Waals surface area contributed by atoms with Crippen LogP contribution in [0.3, 0.4) is 0 Å². The van der Waals surface area contributed by atoms with E-state index in [0.29, 0.717) is 23.5 Å². The second-order valence-corrected chi connectivity index (χ2v) is 6.77. The molecule has 2 amide bonds. The molecule has 28 heavy (non-hydrogen) atoms. The van der Waals surface area contributed by atoms with Crippen LogP contribution >= 0.6 is 0 Å². The Kier molecular flexibility index (Phi) is 4.21. The first-order valence-corrected chi connectivity index (χ1v) is 9.07. The Morgan fingerprint density at radius 3 is 2.29 bits per heavy atom. The summed E-state index contributed by atoms with van der Waals surface area (Å²) in [5.41, 5.74) is 0.138. The zero-order chi connectivity index (χ0) is 20.0. The number of hydrogen-bond donors (Lipinski definition) is 1. The minimum Gasteiger partial charge on any atom is -0.324 e. The predicted molar refractivity (Wildman–Crippen MR) is 101 cm³/mol. The molecular weight excluding hydrogens is 362 g/mol. The molecule has 1 aliphatic rings. The Morgan fingerprint density at radius 1 is 1.04 bits per heavy atom. The maximum atomic E-state index is 12.6. The van der Waals surface area contributed by atoms with Crippen molar-refractivity contribution in [1.82, 2.24) is 24.0 Å². The smallest absolute Gasteiger partial charge is 0.324 e. The van der Waals surface area contributed by atoms with Gasteiger partial charge in [-0.2, -0.15) is 0 Å². The summed E-state index contributed by atoms with van der Waals surface area (Å²) in [5.74, 6) is -0.444. The summed E-state index contributed by atoms with van der Waals surface area (Å²) in [4.78, 5) is 57.6. The minimum atomic E-state index is -0.545. The molecule has 0 spiro atoms. The number of aryl methyl sites for hydroxylation is 2. The van der Waals surface area contributed by atoms with Crippen LogP contribution in [0.5, 0.6) is 0 Å². The Balaban J connectivity index is 1.79. The number of aromatic nitrogens is 4. The van der Waals surface area contributed by atoms with Gasteiger partial charge in [-0.05, 0) is 18.6 Å². The van der Waals surface area contributed by atoms with Gasteiger partial charge in [0.15, 0.2) is 11.2 Å². The first-order chi connectivity index (χ1) is 13.4. The molecule has 1 aliphatic heterocycles. The summed E-state index contributed by atoms with van der Waals surface area (Å²) >= 11 is 0. The molecule has 0 atom stereocenters. The number of rotatable bonds is 5. The number of fused-ring (bicyclic) bond motifs is 2. The quantitative estimate of drug-likeness (QED) is 0.664. The van der Waals surface area contributed by atoms with E-state index in [4.69, 9.17) is 0 Å². The lowest BCUT2D eigenvalue weighted by molar-refractivity contribution is 0.0637. The summed E-state index contributed by atoms with van der Waals surface area (Å²) < 4.78 is 2.95. The number of imidazole rings is 1. The van der Waals surface area contributed by atoms with E-state index in [1.54, 1.807) is 31.3 Å². The van der Waals surface area contributed by atoms with Crippen molar-refractivity contribution in [2.24, 2.45) is 7.05 Å². The molecule has 3 aromatic rings. The van der Waals surface area contributed by atoms with Gasteiger partial charge in [-0.1, -0.05) is 25.5 Å². The number of carbonyl (C=O) groups excluding carboxylic acids is 2. The summed E-state index contributed by atoms with van der Waals surface area (Å²) in [6, 6.07) is 6.62. The van der Waals surface area contributed by atoms with Crippen molar-refractivity contribution in [3.8, 4) is 0 Å². The highest BCUT2D eigenvalue weighted by atomic mass is 16.2. The third-order valence-electron chi connectivity index (χ3n) is 5.02. The molecule has 144 valence electrons. The van der Waals surface area contributed by atoms with E-state index in [2.05, 4.69) is 9.97 Å². The third-order valence-corrected chi connectivity index (χ3v) is 5.02. The van der Waals surface area contributed by atoms with Crippen LogP contribution in [0, 0.1) is 0 Å². The average molecular weight is 381 g/mol. The van der Waals surface area contributed by atoms with Crippen molar-refractivity contribution in [3.63, 3.8) is 0 Å². The lowest BCUT2D eigenvalue weighted by Gasteiger charge is -2.13. The van der Waals surface area contributed by atoms with Crippen LogP contribution in [0.25, 0.3) is 11.2 Å². The maximum Gasteiger partial charge on any atom is 0.330 e. The lowest BCUT2D eigenvalue weighted by atomic mass is 10.1. The largest absolute Gasteiger partial charge is 0.330 e. The highest BCUT2D eigenvalue weighted by Gasteiger charge is 2.36. The number of nitrogens with one attached hydrogen (secondary N) is 1. The van der Waals surface area contributed by atoms with Crippen molar-refractivity contribution in [3.05, 3.63) is 62.1 Å². The molecule has 2 aromatic heterocycles. The second-order valence-electron chi connectivity index (χ2n) is 6.77. The summed E-state index contributed by atoms with van der Waals surface area (Å²) in [6.07, 6.45) is 1.63. The fourth-order valence-electron chi connectivity index (χ4n) is 3.48. The Labute approximate surface area is 159 Å². The molecule has 9 heteroatoms. The standard InChI is InChI=1S/C19H19N5O4/c1-3-4-9-23-15-14(16(25)21-19(23)28)22(2)13(20-15)10-24-17(26)11-7-5-6-8-12(11)18(24)27/h5-8H,3-4,9-10H2,1-2H3,(H,21,25,28). The van der Waals surface area contributed by atoms with Crippen molar-refractivity contribution in [2.75, 3.05) is 0 Å². The van der Waals surface area contributed by atoms with Gasteiger partial charge in [0.25, 0.3) is 17.4 Å². The van der Waals surface area contributed by atoms with Gasteiger partial charge in [0.05, 0.1) is 17.7 Å². The van der Waals surface area contributed by atoms with Gasteiger partial charge < -0.3 is 4.57 Å². The number of imide groups is 1. The fourth-order valence-corrected chi connectivity index (χ4v) is 3.48. The van der Waals surface area contributed by atoms with Crippen LogP contribution in [0.15, 0.2) is 33.9 Å². The summed E-state index contributed by atoms with van der Waals surface area (Å²) in [7, 11) is 1.63. The van der Waals surface area contributed by atoms with Crippen LogP contribution in [0.1, 0.15) is 46.3 Å². The SMILES string of the molecule is CCCCn1c(=O)[nH]c(=O)c2c1nc(CN1C(=O)c3ccccc3C1=O)n2C. The predicted octanol–water partition coefficient (Wildman–Crippen LogP) is 1.02. The molecule has 0 saturated heterocycles. The first kappa shape index (κ1) is 17.9. The van der Waals surface area contributed by atoms with Crippen molar-refractivity contribution < 1.29 is 9.59 Å². The molecular formula is C19H19N5O4. The maximum absolute atomic E-state index is 12.6. The number of carbonyl (C=O) groups is 2. The van der Waals surface area contributed by atoms with E-state index in [0.717, 1.165) is 17.7 Å². The molecule has 1 N–H and O–H groups in total. The van der Waals surface area contributed by atoms with Crippen molar-refractivity contribution in [2.45, 2.75) is 32.9 Å². The van der Waals surface area contributed by atoms with Gasteiger partial charge in [0, 0.05) is 13.6 Å². The molecule has 0 saturated carbocycles. The molecule has 9 nitrogen and oxygen atoms in total. The number of H-pyrrole nitrogens is 1. The Morgan fingerprint density at radius 2 is 1.68 bits per heavy atom. The zero-order valence-electron chi connectivity index (χ0n) is 15.6. The van der Waals surface area contributed by atoms with Gasteiger partial charge in [-0.15, -0.1) is 0 Å². The van der Waals surface area contributed by atoms with E-state index in [-0.39, 0.29) is 17.7 Å². The molecule has 0 radical (unpaired) electrons. The van der Waals surface area contributed by atoms with E-state index in [1.165, 1.54) is 9.13 Å². The van der Waals surface area contributed by atoms with Crippen LogP contribution < -0.4 is 11.2 Å². The van der Waals surface area contributed by atoms with E-state index >= 15 is 0 Å². The molecule has 0 unspecified atom stereocenters. The van der Waals surface area contributed by atoms with Gasteiger partial charge in [0.1, 0.15) is 5.82 Å². The number of nitrogens with zero attached hydrogens (tertiary/aromatic N) is 4. The van der Waals surface area contributed by atoms with Crippen LogP contribution in [0.2, 0.25) is 0 Å². The monoisotopic (exact) mass is 381 g/mol. The lowest BCUT2D eigenvalue weighted by Crippen LogP contribution is -2.31. The molecule has 1 aromatic carbocycles. The fraction of sp³-hybridized carbons (Fsp3) is 0.316. The third kappa shape index (κ3) is 2.58. The Bertz CT molecular complexity index is 1200. The topological polar surface area (TPSA) is 110 Å². The summed E-state index contributed by atoms with van der Waals surface area (Å²) in [6.45, 7) is 2.34. The molecule has 0 aliphatic carbocycles. The van der Waals surface area contributed by atoms with E-state index in [9.17, 15) is 19.2 Å². The van der Waals surface area contributed by atoms with Crippen LogP contribution in [-0.4, -0.2) is 35.8 Å². The van der Waals surface area contributed by atoms with Crippen molar-refractivity contribution in [1.29, 1.82) is 0 Å². The second kappa shape index (κ2) is 6.59. The normalized spacial score (nSPS) is 13.6. The molecule has 4 rings (SSSR count). The van der Waals surface area contributed by atoms with E-state index in [1.807, 2.05) is 6.92 Å². The number of benzene rings is 1. The highest BCUT2D eigenvalue weighted by molar-refractivity contribution is 6.21. The van der Waals surface area contributed by atoms with E-state index < -0.39 is 23.1 Å². The van der Waals surface area contributed by atoms with Gasteiger partial charge in [-0.3, -0.25) is 28.8 Å². The number of amides is 2. The number of hydrogen-bond acceptors (Lipinski definition) is 5. The number of unbranched alkanes of at least 4 members (excludes halogenated alkanes) is 1. The first-order valence-electron chi connectivity index (χ1n) is 9.07. The molecule has 0 bridgehead atoms. The molecule has 0 fully saturated rings. The van der Waals surface area contributed by atoms with Crippen molar-refractivity contribution >= 4 is 23.0 Å². The minimum absolute atomic E-state index is 0.0844. The van der Waals surface area contributed by atoms with Gasteiger partial charge in [-0.25, -0.2) is 9.78 Å². The molecule has 3 heterocycles. The van der Waals surface area contributed by atoms with Gasteiger partial charge >= 0.3 is 5.69 Å². The van der Waals surface area contributed by atoms with Crippen LogP contribution in [-0.2, 0) is 20.1 Å². The summed E-state index contributed by atoms with van der Waals surface area (Å²) in [5, 5.41) is 0. The zero-order valence-corrected chi connectivity index (χ0v) is 15.6. The highest BCUT2D eigenvalue weighted by Crippen LogP contribution is 2.24. The Hall–Kier alpha value is -3.49. The number of aromatic amines is 1. The van der Waals surface area contributed by atoms with Crippen LogP contribution in [0.4, 0.5) is 0 Å².